The molecule has 6 rings (SSSR count). The number of rotatable bonds is 3. The molecule has 2 aliphatic rings. The van der Waals surface area contributed by atoms with Gasteiger partial charge in [-0.3, -0.25) is 18.7 Å². The third-order valence-corrected chi connectivity index (χ3v) is 8.61. The first-order valence-electron chi connectivity index (χ1n) is 13.7. The molecule has 0 spiro atoms. The Kier molecular flexibility index (Phi) is 7.70. The summed E-state index contributed by atoms with van der Waals surface area (Å²) in [7, 11) is 0. The van der Waals surface area contributed by atoms with Crippen molar-refractivity contribution in [3.8, 4) is 11.8 Å². The normalized spacial score (nSPS) is 17.7. The molecule has 0 bridgehead atoms. The molecule has 0 atom stereocenters. The molecule has 10 heteroatoms. The molecule has 1 saturated carbocycles. The molecule has 4 heterocycles. The molecule has 1 aliphatic heterocycles. The predicted octanol–water partition coefficient (Wildman–Crippen LogP) is 5.15. The number of benzene rings is 1. The van der Waals surface area contributed by atoms with E-state index in [0.717, 1.165) is 36.1 Å². The van der Waals surface area contributed by atoms with Crippen LogP contribution in [0.5, 0.6) is 0 Å². The van der Waals surface area contributed by atoms with Crippen LogP contribution in [0, 0.1) is 17.7 Å². The fourth-order valence-corrected chi connectivity index (χ4v) is 6.56. The zero-order chi connectivity index (χ0) is 28.3. The van der Waals surface area contributed by atoms with Gasteiger partial charge in [0.1, 0.15) is 11.5 Å². The number of furan rings is 1. The molecule has 1 aliphatic carbocycles. The average molecular weight is 571 g/mol. The van der Waals surface area contributed by atoms with Gasteiger partial charge in [-0.05, 0) is 86.3 Å². The number of fused-ring (bicyclic) bond motifs is 1. The summed E-state index contributed by atoms with van der Waals surface area (Å²) in [5.41, 5.74) is 0.833. The van der Waals surface area contributed by atoms with Crippen molar-refractivity contribution in [3.63, 3.8) is 0 Å². The maximum atomic E-state index is 14.1. The predicted molar refractivity (Wildman–Crippen MR) is 156 cm³/mol. The van der Waals surface area contributed by atoms with Crippen LogP contribution < -0.4 is 11.2 Å². The maximum absolute atomic E-state index is 14.1. The lowest BCUT2D eigenvalue weighted by Crippen LogP contribution is -2.45. The van der Waals surface area contributed by atoms with Gasteiger partial charge in [0.2, 0.25) is 0 Å². The Labute approximate surface area is 239 Å². The third kappa shape index (κ3) is 5.68. The smallest absolute Gasteiger partial charge is 0.333 e. The second kappa shape index (κ2) is 11.7. The van der Waals surface area contributed by atoms with E-state index in [2.05, 4.69) is 21.8 Å². The first kappa shape index (κ1) is 27.0. The molecule has 41 heavy (non-hydrogen) atoms. The number of halogens is 1. The number of hydrogen-bond acceptors (Lipinski definition) is 6. The summed E-state index contributed by atoms with van der Waals surface area (Å²) in [6, 6.07) is 13.4. The number of carbonyl (C=O) groups excluding carboxylic acids is 1. The van der Waals surface area contributed by atoms with E-state index < -0.39 is 23.0 Å². The zero-order valence-corrected chi connectivity index (χ0v) is 23.0. The van der Waals surface area contributed by atoms with E-state index in [1.165, 1.54) is 10.6 Å². The van der Waals surface area contributed by atoms with Gasteiger partial charge in [-0.1, -0.05) is 24.1 Å². The van der Waals surface area contributed by atoms with E-state index in [1.54, 1.807) is 16.7 Å². The molecule has 1 amide bonds. The summed E-state index contributed by atoms with van der Waals surface area (Å²) in [6.07, 6.45) is 4.44. The van der Waals surface area contributed by atoms with Gasteiger partial charge in [-0.25, -0.2) is 19.2 Å². The van der Waals surface area contributed by atoms with Gasteiger partial charge in [-0.2, -0.15) is 11.8 Å². The Morgan fingerprint density at radius 1 is 0.976 bits per heavy atom. The van der Waals surface area contributed by atoms with E-state index in [1.807, 2.05) is 42.1 Å². The highest BCUT2D eigenvalue weighted by atomic mass is 32.2. The average Bonchev–Trinajstić information content (AvgIpc) is 3.48. The molecule has 208 valence electrons. The Balaban J connectivity index is 1.22. The molecule has 8 nitrogen and oxygen atoms in total. The first-order chi connectivity index (χ1) is 20.0. The number of hydrogen-bond donors (Lipinski definition) is 0. The van der Waals surface area contributed by atoms with Crippen molar-refractivity contribution in [2.45, 2.75) is 50.6 Å². The van der Waals surface area contributed by atoms with Crippen molar-refractivity contribution in [1.29, 1.82) is 0 Å². The standard InChI is InChI=1S/C31H27FN4O4S/c32-21-18-26-28(33-19-21)35(24-14-16-41-17-15-24)31(39)36(30(26)38)23-9-7-22(8-10-23)34-29(37)27-13-12-25(40-27)11-6-20-4-2-1-3-5-20/h1-5,12-13,18-19,23-24H,7-10,14-17H2. The van der Waals surface area contributed by atoms with E-state index in [0.29, 0.717) is 37.2 Å². The minimum absolute atomic E-state index is 0.0926. The molecule has 0 radical (unpaired) electrons. The highest BCUT2D eigenvalue weighted by molar-refractivity contribution is 7.99. The second-order valence-corrected chi connectivity index (χ2v) is 11.4. The molecular weight excluding hydrogens is 543 g/mol. The van der Waals surface area contributed by atoms with Crippen molar-refractivity contribution < 1.29 is 13.6 Å². The highest BCUT2D eigenvalue weighted by Crippen LogP contribution is 2.29. The SMILES string of the molecule is O=C(N=C1CCC(n2c(=O)c3cc(F)cnc3n(C3CCSCC3)c2=O)CC1)c1ccc(C#Cc2ccccc2)o1. The maximum Gasteiger partial charge on any atom is 0.333 e. The summed E-state index contributed by atoms with van der Waals surface area (Å²) < 4.78 is 22.6. The fraction of sp³-hybridized carbons (Fsp3) is 0.323. The van der Waals surface area contributed by atoms with Crippen LogP contribution in [0.25, 0.3) is 11.0 Å². The monoisotopic (exact) mass is 570 g/mol. The Morgan fingerprint density at radius 2 is 1.71 bits per heavy atom. The van der Waals surface area contributed by atoms with Gasteiger partial charge in [0, 0.05) is 23.4 Å². The minimum Gasteiger partial charge on any atom is -0.442 e. The molecule has 2 fully saturated rings. The Hall–Kier alpha value is -4.23. The van der Waals surface area contributed by atoms with E-state index in [-0.39, 0.29) is 28.9 Å². The van der Waals surface area contributed by atoms with Crippen LogP contribution in [-0.2, 0) is 0 Å². The van der Waals surface area contributed by atoms with Crippen LogP contribution in [0.1, 0.15) is 72.5 Å². The summed E-state index contributed by atoms with van der Waals surface area (Å²) >= 11 is 1.83. The van der Waals surface area contributed by atoms with Crippen molar-refractivity contribution in [2.75, 3.05) is 11.5 Å². The highest BCUT2D eigenvalue weighted by Gasteiger charge is 2.28. The number of thioether (sulfide) groups is 1. The Bertz CT molecular complexity index is 1810. The van der Waals surface area contributed by atoms with E-state index in [4.69, 9.17) is 4.42 Å². The quantitative estimate of drug-likeness (QED) is 0.316. The zero-order valence-electron chi connectivity index (χ0n) is 22.2. The van der Waals surface area contributed by atoms with Gasteiger partial charge in [0.25, 0.3) is 5.56 Å². The van der Waals surface area contributed by atoms with Gasteiger partial charge in [0.15, 0.2) is 11.5 Å². The van der Waals surface area contributed by atoms with Gasteiger partial charge >= 0.3 is 11.6 Å². The van der Waals surface area contributed by atoms with Crippen molar-refractivity contribution >= 4 is 34.4 Å². The molecule has 4 aromatic rings. The molecule has 1 saturated heterocycles. The lowest BCUT2D eigenvalue weighted by molar-refractivity contribution is 0.0975. The van der Waals surface area contributed by atoms with E-state index in [9.17, 15) is 18.8 Å². The molecule has 1 aromatic carbocycles. The van der Waals surface area contributed by atoms with Gasteiger partial charge in [-0.15, -0.1) is 0 Å². The topological polar surface area (TPSA) is 99.5 Å². The van der Waals surface area contributed by atoms with Gasteiger partial charge in [0.05, 0.1) is 11.6 Å². The minimum atomic E-state index is -0.616. The number of pyridine rings is 1. The molecular formula is C31H27FN4O4S. The second-order valence-electron chi connectivity index (χ2n) is 10.2. The molecule has 0 N–H and O–H groups in total. The Morgan fingerprint density at radius 3 is 2.46 bits per heavy atom. The molecule has 0 unspecified atom stereocenters. The van der Waals surface area contributed by atoms with Crippen LogP contribution in [0.15, 0.2) is 73.7 Å². The number of aromatic nitrogens is 3. The summed E-state index contributed by atoms with van der Waals surface area (Å²) in [5.74, 6) is 7.08. The van der Waals surface area contributed by atoms with Crippen LogP contribution in [0.3, 0.4) is 0 Å². The number of aliphatic imine (C=N–C) groups is 1. The lowest BCUT2D eigenvalue weighted by atomic mass is 9.93. The largest absolute Gasteiger partial charge is 0.442 e. The number of carbonyl (C=O) groups is 1. The van der Waals surface area contributed by atoms with Crippen molar-refractivity contribution in [3.05, 3.63) is 98.5 Å². The van der Waals surface area contributed by atoms with Crippen LogP contribution in [0.4, 0.5) is 4.39 Å². The molecule has 3 aromatic heterocycles. The van der Waals surface area contributed by atoms with Crippen molar-refractivity contribution in [2.24, 2.45) is 4.99 Å². The summed E-state index contributed by atoms with van der Waals surface area (Å²) in [4.78, 5) is 48.4. The first-order valence-corrected chi connectivity index (χ1v) is 14.8. The summed E-state index contributed by atoms with van der Waals surface area (Å²) in [5, 5.41) is 0.112. The van der Waals surface area contributed by atoms with Crippen molar-refractivity contribution in [1.82, 2.24) is 14.1 Å². The van der Waals surface area contributed by atoms with Gasteiger partial charge < -0.3 is 4.42 Å². The lowest BCUT2D eigenvalue weighted by Gasteiger charge is -2.29. The van der Waals surface area contributed by atoms with E-state index >= 15 is 0 Å². The van der Waals surface area contributed by atoms with Crippen LogP contribution in [-0.4, -0.2) is 37.2 Å². The third-order valence-electron chi connectivity index (χ3n) is 7.56. The number of amides is 1. The van der Waals surface area contributed by atoms with Crippen LogP contribution in [0.2, 0.25) is 0 Å². The number of nitrogens with zero attached hydrogens (tertiary/aromatic N) is 4. The fourth-order valence-electron chi connectivity index (χ4n) is 5.48. The summed E-state index contributed by atoms with van der Waals surface area (Å²) in [6.45, 7) is 0. The van der Waals surface area contributed by atoms with Crippen LogP contribution >= 0.6 is 11.8 Å².